The quantitative estimate of drug-likeness (QED) is 0.756. The van der Waals surface area contributed by atoms with Gasteiger partial charge in [0, 0.05) is 31.9 Å². The summed E-state index contributed by atoms with van der Waals surface area (Å²) >= 11 is 0. The first-order chi connectivity index (χ1) is 9.63. The van der Waals surface area contributed by atoms with E-state index in [0.29, 0.717) is 19.6 Å². The number of nitrogens with one attached hydrogen (secondary N) is 1. The lowest BCUT2D eigenvalue weighted by Gasteiger charge is -2.34. The van der Waals surface area contributed by atoms with Gasteiger partial charge in [-0.05, 0) is 26.2 Å². The second kappa shape index (κ2) is 6.85. The van der Waals surface area contributed by atoms with Crippen LogP contribution in [0.3, 0.4) is 0 Å². The number of piperazine rings is 1. The van der Waals surface area contributed by atoms with E-state index in [1.165, 1.54) is 0 Å². The Balaban J connectivity index is 1.99. The van der Waals surface area contributed by atoms with Gasteiger partial charge < -0.3 is 15.3 Å². The summed E-state index contributed by atoms with van der Waals surface area (Å²) in [6.07, 6.45) is 5.20. The predicted molar refractivity (Wildman–Crippen MR) is 75.2 cm³/mol. The van der Waals surface area contributed by atoms with Crippen molar-refractivity contribution in [3.05, 3.63) is 11.8 Å². The van der Waals surface area contributed by atoms with E-state index < -0.39 is 12.0 Å². The summed E-state index contributed by atoms with van der Waals surface area (Å²) in [6, 6.07) is -0.607. The molecule has 1 heterocycles. The summed E-state index contributed by atoms with van der Waals surface area (Å²) < 4.78 is 0. The van der Waals surface area contributed by atoms with Gasteiger partial charge in [0.15, 0.2) is 0 Å². The Morgan fingerprint density at radius 3 is 2.95 bits per heavy atom. The van der Waals surface area contributed by atoms with Crippen molar-refractivity contribution in [2.24, 2.45) is 0 Å². The highest BCUT2D eigenvalue weighted by molar-refractivity contribution is 5.81. The standard InChI is InChI=1S/C14H23N3O3/c1-2-17(11-5-3-4-6-11)13(18)10-16-8-7-15-9-12(16)14(19)20/h5,12,15H,2-4,6-10H2,1H3,(H,19,20). The highest BCUT2D eigenvalue weighted by Crippen LogP contribution is 2.21. The normalized spacial score (nSPS) is 23.4. The number of amides is 1. The summed E-state index contributed by atoms with van der Waals surface area (Å²) in [5, 5.41) is 12.3. The number of rotatable bonds is 5. The minimum Gasteiger partial charge on any atom is -0.480 e. The van der Waals surface area contributed by atoms with Gasteiger partial charge in [-0.1, -0.05) is 6.08 Å². The molecule has 1 unspecified atom stereocenters. The van der Waals surface area contributed by atoms with Gasteiger partial charge in [-0.15, -0.1) is 0 Å². The van der Waals surface area contributed by atoms with Crippen molar-refractivity contribution >= 4 is 11.9 Å². The third-order valence-corrected chi connectivity index (χ3v) is 3.96. The maximum atomic E-state index is 12.4. The fourth-order valence-electron chi connectivity index (χ4n) is 2.88. The van der Waals surface area contributed by atoms with E-state index >= 15 is 0 Å². The van der Waals surface area contributed by atoms with E-state index in [9.17, 15) is 14.7 Å². The number of nitrogens with zero attached hydrogens (tertiary/aromatic N) is 2. The first kappa shape index (κ1) is 15.0. The summed E-state index contributed by atoms with van der Waals surface area (Å²) in [7, 11) is 0. The average molecular weight is 281 g/mol. The van der Waals surface area contributed by atoms with Crippen LogP contribution < -0.4 is 5.32 Å². The number of carbonyl (C=O) groups excluding carboxylic acids is 1. The maximum absolute atomic E-state index is 12.4. The molecule has 1 fully saturated rings. The molecule has 2 aliphatic rings. The SMILES string of the molecule is CCN(C(=O)CN1CCNCC1C(=O)O)C1=CCCC1. The zero-order valence-electron chi connectivity index (χ0n) is 12.0. The van der Waals surface area contributed by atoms with Gasteiger partial charge in [-0.25, -0.2) is 0 Å². The molecule has 6 heteroatoms. The van der Waals surface area contributed by atoms with Crippen molar-refractivity contribution < 1.29 is 14.7 Å². The molecule has 0 saturated carbocycles. The second-order valence-electron chi connectivity index (χ2n) is 5.25. The zero-order chi connectivity index (χ0) is 14.5. The number of likely N-dealkylation sites (N-methyl/N-ethyl adjacent to an activating group) is 1. The number of allylic oxidation sites excluding steroid dienone is 2. The number of aliphatic carboxylic acids is 1. The maximum Gasteiger partial charge on any atom is 0.322 e. The fraction of sp³-hybridized carbons (Fsp3) is 0.714. The Labute approximate surface area is 119 Å². The van der Waals surface area contributed by atoms with Crippen molar-refractivity contribution in [3.8, 4) is 0 Å². The monoisotopic (exact) mass is 281 g/mol. The highest BCUT2D eigenvalue weighted by Gasteiger charge is 2.31. The second-order valence-corrected chi connectivity index (χ2v) is 5.25. The Kier molecular flexibility index (Phi) is 5.14. The lowest BCUT2D eigenvalue weighted by atomic mass is 10.2. The summed E-state index contributed by atoms with van der Waals surface area (Å²) in [5.41, 5.74) is 1.10. The van der Waals surface area contributed by atoms with Crippen molar-refractivity contribution in [1.29, 1.82) is 0 Å². The van der Waals surface area contributed by atoms with Gasteiger partial charge in [0.2, 0.25) is 5.91 Å². The first-order valence-electron chi connectivity index (χ1n) is 7.30. The molecular formula is C14H23N3O3. The number of carboxylic acids is 1. The molecule has 1 aliphatic carbocycles. The number of carbonyl (C=O) groups is 2. The number of hydrogen-bond donors (Lipinski definition) is 2. The minimum absolute atomic E-state index is 0.00815. The summed E-state index contributed by atoms with van der Waals surface area (Å²) in [5.74, 6) is -0.859. The molecule has 1 atom stereocenters. The first-order valence-corrected chi connectivity index (χ1v) is 7.30. The van der Waals surface area contributed by atoms with E-state index in [2.05, 4.69) is 11.4 Å². The fourth-order valence-corrected chi connectivity index (χ4v) is 2.88. The summed E-state index contributed by atoms with van der Waals surface area (Å²) in [6.45, 7) is 4.52. The van der Waals surface area contributed by atoms with Crippen molar-refractivity contribution in [1.82, 2.24) is 15.1 Å². The highest BCUT2D eigenvalue weighted by atomic mass is 16.4. The van der Waals surface area contributed by atoms with Crippen LogP contribution in [0.25, 0.3) is 0 Å². The largest absolute Gasteiger partial charge is 0.480 e. The summed E-state index contributed by atoms with van der Waals surface area (Å²) in [4.78, 5) is 27.2. The van der Waals surface area contributed by atoms with Crippen LogP contribution >= 0.6 is 0 Å². The van der Waals surface area contributed by atoms with E-state index in [4.69, 9.17) is 0 Å². The Hall–Kier alpha value is -1.40. The molecule has 20 heavy (non-hydrogen) atoms. The van der Waals surface area contributed by atoms with Gasteiger partial charge in [0.05, 0.1) is 6.54 Å². The number of carboxylic acid groups (broad SMARTS) is 1. The van der Waals surface area contributed by atoms with Gasteiger partial charge in [0.1, 0.15) is 6.04 Å². The minimum atomic E-state index is -0.867. The number of hydrogen-bond acceptors (Lipinski definition) is 4. The van der Waals surface area contributed by atoms with E-state index in [-0.39, 0.29) is 12.5 Å². The molecule has 1 amide bonds. The van der Waals surface area contributed by atoms with E-state index in [1.807, 2.05) is 6.92 Å². The zero-order valence-corrected chi connectivity index (χ0v) is 12.0. The molecule has 0 spiro atoms. The molecule has 0 aromatic carbocycles. The van der Waals surface area contributed by atoms with Crippen LogP contribution in [0.4, 0.5) is 0 Å². The Morgan fingerprint density at radius 2 is 2.35 bits per heavy atom. The van der Waals surface area contributed by atoms with Gasteiger partial charge in [0.25, 0.3) is 0 Å². The van der Waals surface area contributed by atoms with Crippen LogP contribution in [-0.4, -0.2) is 65.5 Å². The molecule has 0 bridgehead atoms. The lowest BCUT2D eigenvalue weighted by molar-refractivity contribution is -0.145. The van der Waals surface area contributed by atoms with E-state index in [0.717, 1.165) is 31.5 Å². The topological polar surface area (TPSA) is 72.9 Å². The smallest absolute Gasteiger partial charge is 0.322 e. The molecule has 6 nitrogen and oxygen atoms in total. The van der Waals surface area contributed by atoms with Crippen LogP contribution in [0.2, 0.25) is 0 Å². The third-order valence-electron chi connectivity index (χ3n) is 3.96. The van der Waals surface area contributed by atoms with Crippen LogP contribution in [0.1, 0.15) is 26.2 Å². The Bertz CT molecular complexity index is 408. The van der Waals surface area contributed by atoms with Crippen molar-refractivity contribution in [3.63, 3.8) is 0 Å². The molecule has 0 aromatic rings. The average Bonchev–Trinajstić information content (AvgIpc) is 2.94. The molecule has 1 aliphatic heterocycles. The predicted octanol–water partition coefficient (Wildman–Crippen LogP) is 0.261. The molecular weight excluding hydrogens is 258 g/mol. The molecule has 0 aromatic heterocycles. The van der Waals surface area contributed by atoms with Crippen LogP contribution in [0.5, 0.6) is 0 Å². The molecule has 112 valence electrons. The molecule has 2 N–H and O–H groups in total. The van der Waals surface area contributed by atoms with Crippen molar-refractivity contribution in [2.45, 2.75) is 32.2 Å². The third kappa shape index (κ3) is 3.37. The van der Waals surface area contributed by atoms with Gasteiger partial charge in [-0.2, -0.15) is 0 Å². The van der Waals surface area contributed by atoms with Gasteiger partial charge in [-0.3, -0.25) is 14.5 Å². The van der Waals surface area contributed by atoms with Gasteiger partial charge >= 0.3 is 5.97 Å². The van der Waals surface area contributed by atoms with Crippen LogP contribution in [0, 0.1) is 0 Å². The lowest BCUT2D eigenvalue weighted by Crippen LogP contribution is -2.57. The molecule has 1 saturated heterocycles. The van der Waals surface area contributed by atoms with E-state index in [1.54, 1.807) is 9.80 Å². The van der Waals surface area contributed by atoms with Crippen LogP contribution in [0.15, 0.2) is 11.8 Å². The Morgan fingerprint density at radius 1 is 1.55 bits per heavy atom. The molecule has 0 radical (unpaired) electrons. The van der Waals surface area contributed by atoms with Crippen LogP contribution in [-0.2, 0) is 9.59 Å². The van der Waals surface area contributed by atoms with Crippen molar-refractivity contribution in [2.75, 3.05) is 32.7 Å². The molecule has 2 rings (SSSR count).